The van der Waals surface area contributed by atoms with Gasteiger partial charge >= 0.3 is 0 Å². The van der Waals surface area contributed by atoms with Crippen LogP contribution in [0.3, 0.4) is 0 Å². The number of aryl methyl sites for hydroxylation is 1. The predicted octanol–water partition coefficient (Wildman–Crippen LogP) is 6.79. The van der Waals surface area contributed by atoms with Crippen molar-refractivity contribution in [3.63, 3.8) is 0 Å². The van der Waals surface area contributed by atoms with Crippen LogP contribution in [0.4, 0.5) is 5.69 Å². The Bertz CT molecular complexity index is 1840. The quantitative estimate of drug-likeness (QED) is 0.138. The monoisotopic (exact) mass is 654 g/mol. The molecule has 0 unspecified atom stereocenters. The molecule has 0 aliphatic heterocycles. The summed E-state index contributed by atoms with van der Waals surface area (Å²) < 4.78 is 64.0. The highest BCUT2D eigenvalue weighted by molar-refractivity contribution is 7.91. The summed E-state index contributed by atoms with van der Waals surface area (Å²) >= 11 is 0. The van der Waals surface area contributed by atoms with Crippen molar-refractivity contribution in [1.82, 2.24) is 4.98 Å². The van der Waals surface area contributed by atoms with Gasteiger partial charge in [-0.3, -0.25) is 0 Å². The van der Waals surface area contributed by atoms with Crippen molar-refractivity contribution in [2.24, 2.45) is 0 Å². The summed E-state index contributed by atoms with van der Waals surface area (Å²) in [6, 6.07) is 31.4. The van der Waals surface area contributed by atoms with E-state index in [0.717, 1.165) is 10.9 Å². The molecule has 0 bridgehead atoms. The normalized spacial score (nSPS) is 11.4. The largest absolute Gasteiger partial charge is 0.398 e. The van der Waals surface area contributed by atoms with E-state index in [1.807, 2.05) is 24.3 Å². The van der Waals surface area contributed by atoms with Gasteiger partial charge in [0.15, 0.2) is 9.84 Å². The summed E-state index contributed by atoms with van der Waals surface area (Å²) in [5, 5.41) is 0.740. The number of anilines is 1. The summed E-state index contributed by atoms with van der Waals surface area (Å²) in [5.41, 5.74) is 8.40. The van der Waals surface area contributed by atoms with E-state index < -0.39 is 25.6 Å². The van der Waals surface area contributed by atoms with Crippen molar-refractivity contribution in [1.29, 1.82) is 0 Å². The molecule has 0 amide bonds. The van der Waals surface area contributed by atoms with Gasteiger partial charge < -0.3 is 24.9 Å². The van der Waals surface area contributed by atoms with Crippen molar-refractivity contribution in [2.45, 2.75) is 47.7 Å². The Morgan fingerprint density at radius 2 is 1.16 bits per heavy atom. The second kappa shape index (κ2) is 16.4. The van der Waals surface area contributed by atoms with Gasteiger partial charge in [-0.1, -0.05) is 80.2 Å². The van der Waals surface area contributed by atoms with Crippen LogP contribution in [0.2, 0.25) is 0 Å². The first kappa shape index (κ1) is 37.2. The number of rotatable bonds is 8. The molecule has 5 rings (SSSR count). The Hall–Kier alpha value is -4.00. The number of nitrogens with two attached hydrogens (primary N) is 1. The van der Waals surface area contributed by atoms with E-state index in [9.17, 15) is 16.8 Å². The van der Waals surface area contributed by atoms with Crippen molar-refractivity contribution >= 4 is 36.3 Å². The summed E-state index contributed by atoms with van der Waals surface area (Å²) in [4.78, 5) is 4.14. The molecule has 4 aromatic carbocycles. The van der Waals surface area contributed by atoms with Crippen molar-refractivity contribution in [2.75, 3.05) is 27.1 Å². The molecule has 0 atom stereocenters. The molecule has 1 aromatic heterocycles. The van der Waals surface area contributed by atoms with Gasteiger partial charge in [-0.05, 0) is 48.9 Å². The minimum absolute atomic E-state index is 0. The molecule has 0 fully saturated rings. The van der Waals surface area contributed by atoms with Crippen LogP contribution in [0.25, 0.3) is 10.9 Å². The van der Waals surface area contributed by atoms with Crippen molar-refractivity contribution < 1.29 is 31.0 Å². The Kier molecular flexibility index (Phi) is 13.5. The van der Waals surface area contributed by atoms with Crippen LogP contribution in [-0.2, 0) is 39.6 Å². The molecule has 242 valence electrons. The average molecular weight is 655 g/mol. The lowest BCUT2D eigenvalue weighted by atomic mass is 10.2. The summed E-state index contributed by atoms with van der Waals surface area (Å²) in [6.45, 7) is 3.48. The SMILES string of the molecule is C.COC(C)(OC)OC.Cc1[nH]c2ccccc2c1S(=O)(=O)c1ccccc1.Nc1ccccc1CS(=O)(=O)c1ccccc1. The number of H-pyrrole nitrogens is 1. The van der Waals surface area contributed by atoms with E-state index in [2.05, 4.69) is 4.98 Å². The van der Waals surface area contributed by atoms with Crippen LogP contribution in [0.1, 0.15) is 25.6 Å². The lowest BCUT2D eigenvalue weighted by Crippen LogP contribution is -2.31. The molecule has 0 radical (unpaired) electrons. The van der Waals surface area contributed by atoms with Crippen LogP contribution < -0.4 is 5.73 Å². The fourth-order valence-electron chi connectivity index (χ4n) is 4.15. The highest BCUT2D eigenvalue weighted by Gasteiger charge is 2.24. The maximum atomic E-state index is 12.7. The van der Waals surface area contributed by atoms with Gasteiger partial charge in [0.05, 0.1) is 20.4 Å². The lowest BCUT2D eigenvalue weighted by Gasteiger charge is -2.23. The number of benzene rings is 4. The third kappa shape index (κ3) is 9.49. The first-order valence-electron chi connectivity index (χ1n) is 13.5. The number of ether oxygens (including phenoxy) is 3. The van der Waals surface area contributed by atoms with E-state index in [0.29, 0.717) is 31.6 Å². The Balaban J connectivity index is 0.000000251. The maximum Gasteiger partial charge on any atom is 0.279 e. The minimum atomic E-state index is -3.48. The average Bonchev–Trinajstić information content (AvgIpc) is 3.39. The number of hydrogen-bond donors (Lipinski definition) is 2. The highest BCUT2D eigenvalue weighted by atomic mass is 32.2. The molecule has 0 saturated carbocycles. The first-order valence-corrected chi connectivity index (χ1v) is 16.7. The number of aromatic amines is 1. The van der Waals surface area contributed by atoms with E-state index in [1.54, 1.807) is 98.8 Å². The van der Waals surface area contributed by atoms with Crippen LogP contribution in [0, 0.1) is 6.92 Å². The molecular weight excluding hydrogens is 613 g/mol. The summed E-state index contributed by atoms with van der Waals surface area (Å²) in [5.74, 6) is -0.941. The molecule has 0 aliphatic carbocycles. The van der Waals surface area contributed by atoms with Gasteiger partial charge in [-0.25, -0.2) is 16.8 Å². The van der Waals surface area contributed by atoms with Gasteiger partial charge in [0.25, 0.3) is 5.97 Å². The minimum Gasteiger partial charge on any atom is -0.398 e. The molecule has 3 N–H and O–H groups in total. The highest BCUT2D eigenvalue weighted by Crippen LogP contribution is 2.31. The molecule has 45 heavy (non-hydrogen) atoms. The topological polar surface area (TPSA) is 138 Å². The zero-order valence-corrected chi connectivity index (χ0v) is 27.0. The van der Waals surface area contributed by atoms with Crippen LogP contribution in [-0.4, -0.2) is 49.1 Å². The van der Waals surface area contributed by atoms with Gasteiger partial charge in [-0.2, -0.15) is 0 Å². The standard InChI is InChI=1S/C15H13NO2S.C13H13NO2S.C5H12O3.CH4/c1-11-15(13-9-5-6-10-14(13)16-11)19(17,18)12-7-3-2-4-8-12;14-13-9-5-4-6-11(13)10-17(15,16)12-7-2-1-3-8-12;1-5(6-2,7-3)8-4;/h2-10,16H,1H3;1-9H,10,14H2;1-4H3;1H4. The zero-order valence-electron chi connectivity index (χ0n) is 25.4. The molecule has 0 saturated heterocycles. The van der Waals surface area contributed by atoms with Gasteiger partial charge in [0, 0.05) is 50.5 Å². The Morgan fingerprint density at radius 1 is 0.689 bits per heavy atom. The van der Waals surface area contributed by atoms with E-state index >= 15 is 0 Å². The van der Waals surface area contributed by atoms with E-state index in [4.69, 9.17) is 19.9 Å². The summed E-state index contributed by atoms with van der Waals surface area (Å²) in [6.07, 6.45) is 0. The van der Waals surface area contributed by atoms with Crippen molar-refractivity contribution in [3.8, 4) is 0 Å². The number of nitrogen functional groups attached to an aromatic ring is 1. The van der Waals surface area contributed by atoms with Crippen LogP contribution in [0.15, 0.2) is 124 Å². The first-order chi connectivity index (χ1) is 20.9. The van der Waals surface area contributed by atoms with Crippen LogP contribution >= 0.6 is 0 Å². The summed E-state index contributed by atoms with van der Waals surface area (Å²) in [7, 11) is -2.24. The second-order valence-corrected chi connectivity index (χ2v) is 13.6. The van der Waals surface area contributed by atoms with Crippen LogP contribution in [0.5, 0.6) is 0 Å². The second-order valence-electron chi connectivity index (χ2n) is 9.69. The number of aromatic nitrogens is 1. The lowest BCUT2D eigenvalue weighted by molar-refractivity contribution is -0.340. The molecule has 9 nitrogen and oxygen atoms in total. The molecule has 0 aliphatic rings. The Morgan fingerprint density at radius 3 is 1.67 bits per heavy atom. The third-order valence-electron chi connectivity index (χ3n) is 6.77. The number of sulfone groups is 2. The predicted molar refractivity (Wildman–Crippen MR) is 179 cm³/mol. The fourth-order valence-corrected chi connectivity index (χ4v) is 7.23. The molecule has 5 aromatic rings. The Labute approximate surface area is 266 Å². The van der Waals surface area contributed by atoms with Gasteiger partial charge in [0.1, 0.15) is 0 Å². The van der Waals surface area contributed by atoms with Crippen molar-refractivity contribution in [3.05, 3.63) is 120 Å². The molecule has 0 spiro atoms. The van der Waals surface area contributed by atoms with E-state index in [-0.39, 0.29) is 13.2 Å². The fraction of sp³-hybridized carbons (Fsp3) is 0.235. The number of para-hydroxylation sites is 2. The molecule has 11 heteroatoms. The number of hydrogen-bond acceptors (Lipinski definition) is 8. The number of fused-ring (bicyclic) bond motifs is 1. The molecule has 1 heterocycles. The maximum absolute atomic E-state index is 12.7. The third-order valence-corrected chi connectivity index (χ3v) is 10.4. The van der Waals surface area contributed by atoms with Gasteiger partial charge in [0.2, 0.25) is 9.84 Å². The molecular formula is C34H42N2O7S2. The number of methoxy groups -OCH3 is 3. The van der Waals surface area contributed by atoms with Gasteiger partial charge in [-0.15, -0.1) is 0 Å². The number of nitrogens with one attached hydrogen (secondary N) is 1. The zero-order chi connectivity index (χ0) is 32.4. The smallest absolute Gasteiger partial charge is 0.279 e. The van der Waals surface area contributed by atoms with E-state index in [1.165, 1.54) is 21.3 Å².